The maximum absolute atomic E-state index is 13.0. The summed E-state index contributed by atoms with van der Waals surface area (Å²) in [7, 11) is -3.74. The number of furan rings is 1. The van der Waals surface area contributed by atoms with Crippen LogP contribution < -0.4 is 5.32 Å². The fraction of sp³-hybridized carbons (Fsp3) is 0.105. The molecule has 0 spiro atoms. The third kappa shape index (κ3) is 3.98. The molecule has 1 atom stereocenters. The second-order valence-electron chi connectivity index (χ2n) is 5.58. The van der Waals surface area contributed by atoms with Crippen LogP contribution in [0.15, 0.2) is 82.3 Å². The van der Waals surface area contributed by atoms with Gasteiger partial charge in [0.05, 0.1) is 11.2 Å². The summed E-state index contributed by atoms with van der Waals surface area (Å²) in [5, 5.41) is 2.04. The molecule has 26 heavy (non-hydrogen) atoms. The van der Waals surface area contributed by atoms with Crippen molar-refractivity contribution in [2.75, 3.05) is 6.54 Å². The summed E-state index contributed by atoms with van der Waals surface area (Å²) in [5.41, 5.74) is 0.354. The number of hydrogen-bond acceptors (Lipinski definition) is 4. The molecular weight excluding hydrogens is 374 g/mol. The van der Waals surface area contributed by atoms with Crippen molar-refractivity contribution < 1.29 is 17.6 Å². The lowest BCUT2D eigenvalue weighted by molar-refractivity contribution is 0.0953. The molecule has 0 aliphatic rings. The molecule has 0 saturated heterocycles. The molecule has 7 heteroatoms. The Hall–Kier alpha value is -2.57. The summed E-state index contributed by atoms with van der Waals surface area (Å²) in [6, 6.07) is 17.7. The molecule has 0 fully saturated rings. The molecule has 0 radical (unpaired) electrons. The SMILES string of the molecule is O=C(NC[C@H](c1ccco1)S(=O)(=O)c1ccccc1)c1cccc(Cl)c1. The maximum Gasteiger partial charge on any atom is 0.251 e. The minimum Gasteiger partial charge on any atom is -0.468 e. The van der Waals surface area contributed by atoms with Crippen molar-refractivity contribution >= 4 is 27.3 Å². The highest BCUT2D eigenvalue weighted by Gasteiger charge is 2.31. The fourth-order valence-corrected chi connectivity index (χ4v) is 4.33. The Bertz CT molecular complexity index is 985. The smallest absolute Gasteiger partial charge is 0.251 e. The van der Waals surface area contributed by atoms with Crippen LogP contribution in [-0.2, 0) is 9.84 Å². The lowest BCUT2D eigenvalue weighted by atomic mass is 10.2. The number of hydrogen-bond donors (Lipinski definition) is 1. The van der Waals surface area contributed by atoms with Crippen LogP contribution in [0.1, 0.15) is 21.4 Å². The average molecular weight is 390 g/mol. The first-order chi connectivity index (χ1) is 12.5. The van der Waals surface area contributed by atoms with E-state index < -0.39 is 21.0 Å². The molecule has 0 saturated carbocycles. The van der Waals surface area contributed by atoms with Crippen molar-refractivity contribution in [3.8, 4) is 0 Å². The van der Waals surface area contributed by atoms with Gasteiger partial charge in [-0.2, -0.15) is 0 Å². The third-order valence-corrected chi connectivity index (χ3v) is 6.15. The van der Waals surface area contributed by atoms with Crippen LogP contribution in [0.5, 0.6) is 0 Å². The largest absolute Gasteiger partial charge is 0.468 e. The molecule has 0 aliphatic carbocycles. The van der Waals surface area contributed by atoms with Gasteiger partial charge in [-0.05, 0) is 42.5 Å². The van der Waals surface area contributed by atoms with Crippen molar-refractivity contribution in [1.82, 2.24) is 5.32 Å². The van der Waals surface area contributed by atoms with Gasteiger partial charge in [0, 0.05) is 17.1 Å². The minimum absolute atomic E-state index is 0.129. The number of halogens is 1. The first-order valence-corrected chi connectivity index (χ1v) is 9.77. The monoisotopic (exact) mass is 389 g/mol. The van der Waals surface area contributed by atoms with Gasteiger partial charge >= 0.3 is 0 Å². The van der Waals surface area contributed by atoms with Gasteiger partial charge in [0.2, 0.25) is 0 Å². The van der Waals surface area contributed by atoms with Crippen molar-refractivity contribution in [1.29, 1.82) is 0 Å². The Balaban J connectivity index is 1.85. The predicted octanol–water partition coefficient (Wildman–Crippen LogP) is 3.88. The summed E-state index contributed by atoms with van der Waals surface area (Å²) < 4.78 is 31.3. The van der Waals surface area contributed by atoms with Crippen molar-refractivity contribution in [2.24, 2.45) is 0 Å². The summed E-state index contributed by atoms with van der Waals surface area (Å²) in [6.45, 7) is -0.129. The normalized spacial score (nSPS) is 12.5. The number of benzene rings is 2. The summed E-state index contributed by atoms with van der Waals surface area (Å²) in [6.07, 6.45) is 1.40. The van der Waals surface area contributed by atoms with Crippen LogP contribution in [0.2, 0.25) is 5.02 Å². The van der Waals surface area contributed by atoms with E-state index in [0.29, 0.717) is 10.6 Å². The number of rotatable bonds is 6. The number of carbonyl (C=O) groups is 1. The number of carbonyl (C=O) groups excluding carboxylic acids is 1. The Morgan fingerprint density at radius 3 is 2.46 bits per heavy atom. The van der Waals surface area contributed by atoms with Gasteiger partial charge in [-0.1, -0.05) is 35.9 Å². The fourth-order valence-electron chi connectivity index (χ4n) is 2.53. The zero-order valence-corrected chi connectivity index (χ0v) is 15.2. The molecule has 1 N–H and O–H groups in total. The van der Waals surface area contributed by atoms with Crippen LogP contribution in [0.25, 0.3) is 0 Å². The topological polar surface area (TPSA) is 76.4 Å². The van der Waals surface area contributed by atoms with Crippen LogP contribution in [-0.4, -0.2) is 20.9 Å². The standard InChI is InChI=1S/C19H16ClNO4S/c20-15-7-4-6-14(12-15)19(22)21-13-18(17-10-5-11-25-17)26(23,24)16-8-2-1-3-9-16/h1-12,18H,13H2,(H,21,22)/t18-/m1/s1. The molecule has 1 heterocycles. The van der Waals surface area contributed by atoms with Gasteiger partial charge in [-0.25, -0.2) is 8.42 Å². The molecule has 1 aromatic heterocycles. The van der Waals surface area contributed by atoms with E-state index in [1.807, 2.05) is 0 Å². The van der Waals surface area contributed by atoms with Crippen molar-refractivity contribution in [3.63, 3.8) is 0 Å². The number of sulfone groups is 1. The first kappa shape index (κ1) is 18.2. The van der Waals surface area contributed by atoms with E-state index in [1.165, 1.54) is 24.5 Å². The lowest BCUT2D eigenvalue weighted by Crippen LogP contribution is -2.31. The van der Waals surface area contributed by atoms with E-state index in [2.05, 4.69) is 5.32 Å². The summed E-state index contributed by atoms with van der Waals surface area (Å²) in [4.78, 5) is 12.5. The van der Waals surface area contributed by atoms with Crippen LogP contribution in [0, 0.1) is 0 Å². The van der Waals surface area contributed by atoms with Gasteiger partial charge in [0.25, 0.3) is 5.91 Å². The van der Waals surface area contributed by atoms with E-state index in [1.54, 1.807) is 48.5 Å². The number of amides is 1. The highest BCUT2D eigenvalue weighted by molar-refractivity contribution is 7.91. The van der Waals surface area contributed by atoms with Crippen LogP contribution in [0.3, 0.4) is 0 Å². The Kier molecular flexibility index (Phi) is 5.44. The molecule has 0 aliphatic heterocycles. The second-order valence-corrected chi connectivity index (χ2v) is 8.15. The predicted molar refractivity (Wildman–Crippen MR) is 98.9 cm³/mol. The highest BCUT2D eigenvalue weighted by Crippen LogP contribution is 2.28. The molecule has 3 rings (SSSR count). The van der Waals surface area contributed by atoms with Crippen LogP contribution in [0.4, 0.5) is 0 Å². The van der Waals surface area contributed by atoms with Gasteiger partial charge in [0.15, 0.2) is 9.84 Å². The zero-order valence-electron chi connectivity index (χ0n) is 13.6. The number of nitrogens with one attached hydrogen (secondary N) is 1. The highest BCUT2D eigenvalue weighted by atomic mass is 35.5. The molecule has 2 aromatic carbocycles. The van der Waals surface area contributed by atoms with Gasteiger partial charge < -0.3 is 9.73 Å². The van der Waals surface area contributed by atoms with E-state index in [4.69, 9.17) is 16.0 Å². The van der Waals surface area contributed by atoms with E-state index >= 15 is 0 Å². The molecule has 1 amide bonds. The average Bonchev–Trinajstić information content (AvgIpc) is 3.16. The Morgan fingerprint density at radius 2 is 1.81 bits per heavy atom. The molecule has 3 aromatic rings. The second kappa shape index (κ2) is 7.76. The molecule has 5 nitrogen and oxygen atoms in total. The van der Waals surface area contributed by atoms with Crippen molar-refractivity contribution in [2.45, 2.75) is 10.1 Å². The quantitative estimate of drug-likeness (QED) is 0.694. The van der Waals surface area contributed by atoms with E-state index in [-0.39, 0.29) is 17.2 Å². The summed E-state index contributed by atoms with van der Waals surface area (Å²) >= 11 is 5.89. The van der Waals surface area contributed by atoms with Gasteiger partial charge in [-0.15, -0.1) is 0 Å². The van der Waals surface area contributed by atoms with Crippen LogP contribution >= 0.6 is 11.6 Å². The van der Waals surface area contributed by atoms with Gasteiger partial charge in [0.1, 0.15) is 11.0 Å². The molecule has 0 unspecified atom stereocenters. The first-order valence-electron chi connectivity index (χ1n) is 7.84. The van der Waals surface area contributed by atoms with E-state index in [9.17, 15) is 13.2 Å². The lowest BCUT2D eigenvalue weighted by Gasteiger charge is -2.16. The third-order valence-electron chi connectivity index (χ3n) is 3.84. The van der Waals surface area contributed by atoms with Crippen molar-refractivity contribution in [3.05, 3.63) is 89.3 Å². The summed E-state index contributed by atoms with van der Waals surface area (Å²) in [5.74, 6) is -0.146. The maximum atomic E-state index is 13.0. The van der Waals surface area contributed by atoms with E-state index in [0.717, 1.165) is 0 Å². The van der Waals surface area contributed by atoms with Gasteiger partial charge in [-0.3, -0.25) is 4.79 Å². The molecule has 134 valence electrons. The molecule has 0 bridgehead atoms. The Labute approximate surface area is 156 Å². The molecular formula is C19H16ClNO4S. The zero-order chi connectivity index (χ0) is 18.6. The Morgan fingerprint density at radius 1 is 1.04 bits per heavy atom. The minimum atomic E-state index is -3.74.